The van der Waals surface area contributed by atoms with Crippen LogP contribution in [0.4, 0.5) is 11.5 Å². The van der Waals surface area contributed by atoms with Gasteiger partial charge in [-0.15, -0.1) is 0 Å². The van der Waals surface area contributed by atoms with Crippen molar-refractivity contribution in [2.75, 3.05) is 51.5 Å². The Morgan fingerprint density at radius 3 is 2.67 bits per heavy atom. The van der Waals surface area contributed by atoms with Crippen LogP contribution in [0.25, 0.3) is 5.57 Å². The van der Waals surface area contributed by atoms with Crippen LogP contribution >= 0.6 is 0 Å². The molecular weight excluding hydrogens is 496 g/mol. The lowest BCUT2D eigenvalue weighted by atomic mass is 10.0. The number of nitrogens with zero attached hydrogens (tertiary/aromatic N) is 3. The number of benzene rings is 2. The van der Waals surface area contributed by atoms with Crippen molar-refractivity contribution >= 4 is 28.9 Å². The first-order chi connectivity index (χ1) is 18.9. The molecule has 0 radical (unpaired) electrons. The van der Waals surface area contributed by atoms with Crippen LogP contribution in [0.2, 0.25) is 0 Å². The van der Waals surface area contributed by atoms with Gasteiger partial charge in [-0.3, -0.25) is 9.59 Å². The fourth-order valence-electron chi connectivity index (χ4n) is 4.20. The van der Waals surface area contributed by atoms with Crippen LogP contribution < -0.4 is 25.4 Å². The number of methoxy groups -OCH3 is 1. The van der Waals surface area contributed by atoms with Gasteiger partial charge in [0, 0.05) is 24.5 Å². The van der Waals surface area contributed by atoms with Gasteiger partial charge in [-0.25, -0.2) is 9.97 Å². The SMILES string of the molecule is COc1ccc(N/C=C2\C(=O)Nc3ncnc(CCCN(C)C)c32)cc1OCC(=O)NCCc1ccccc1. The molecule has 2 heterocycles. The molecule has 2 aromatic carbocycles. The third-order valence-electron chi connectivity index (χ3n) is 6.17. The first-order valence-corrected chi connectivity index (χ1v) is 12.8. The van der Waals surface area contributed by atoms with E-state index >= 15 is 0 Å². The van der Waals surface area contributed by atoms with Crippen molar-refractivity contribution in [2.24, 2.45) is 0 Å². The van der Waals surface area contributed by atoms with Crippen molar-refractivity contribution in [1.82, 2.24) is 20.2 Å². The van der Waals surface area contributed by atoms with E-state index in [2.05, 4.69) is 30.8 Å². The first kappa shape index (κ1) is 27.6. The zero-order valence-corrected chi connectivity index (χ0v) is 22.5. The Morgan fingerprint density at radius 2 is 1.90 bits per heavy atom. The topological polar surface area (TPSA) is 118 Å². The largest absolute Gasteiger partial charge is 0.493 e. The van der Waals surface area contributed by atoms with Crippen molar-refractivity contribution in [3.63, 3.8) is 0 Å². The number of ether oxygens (including phenoxy) is 2. The predicted molar refractivity (Wildman–Crippen MR) is 151 cm³/mol. The third-order valence-corrected chi connectivity index (χ3v) is 6.17. The molecule has 1 aliphatic heterocycles. The molecule has 0 spiro atoms. The van der Waals surface area contributed by atoms with Gasteiger partial charge in [-0.1, -0.05) is 30.3 Å². The van der Waals surface area contributed by atoms with E-state index in [1.165, 1.54) is 13.4 Å². The summed E-state index contributed by atoms with van der Waals surface area (Å²) in [5.41, 5.74) is 3.81. The second-order valence-electron chi connectivity index (χ2n) is 9.35. The van der Waals surface area contributed by atoms with Gasteiger partial charge >= 0.3 is 0 Å². The average molecular weight is 531 g/mol. The van der Waals surface area contributed by atoms with Crippen molar-refractivity contribution in [3.05, 3.63) is 77.9 Å². The van der Waals surface area contributed by atoms with Crippen LogP contribution in [-0.2, 0) is 22.4 Å². The number of aryl methyl sites for hydroxylation is 1. The zero-order valence-electron chi connectivity index (χ0n) is 22.5. The van der Waals surface area contributed by atoms with Gasteiger partial charge in [0.25, 0.3) is 11.8 Å². The van der Waals surface area contributed by atoms with E-state index < -0.39 is 0 Å². The molecule has 10 heteroatoms. The molecule has 0 unspecified atom stereocenters. The lowest BCUT2D eigenvalue weighted by Crippen LogP contribution is -2.30. The molecule has 1 aliphatic rings. The number of carbonyl (C=O) groups is 2. The van der Waals surface area contributed by atoms with E-state index in [0.717, 1.165) is 37.1 Å². The molecule has 4 rings (SSSR count). The Morgan fingerprint density at radius 1 is 1.08 bits per heavy atom. The van der Waals surface area contributed by atoms with Crippen LogP contribution in [0.3, 0.4) is 0 Å². The third kappa shape index (κ3) is 7.55. The molecule has 0 saturated heterocycles. The van der Waals surface area contributed by atoms with Crippen LogP contribution in [0.15, 0.2) is 61.1 Å². The van der Waals surface area contributed by atoms with Crippen molar-refractivity contribution in [3.8, 4) is 11.5 Å². The fourth-order valence-corrected chi connectivity index (χ4v) is 4.20. The number of anilines is 2. The van der Waals surface area contributed by atoms with E-state index in [4.69, 9.17) is 9.47 Å². The van der Waals surface area contributed by atoms with Gasteiger partial charge in [0.15, 0.2) is 18.1 Å². The van der Waals surface area contributed by atoms with E-state index in [1.807, 2.05) is 44.4 Å². The van der Waals surface area contributed by atoms with E-state index in [9.17, 15) is 9.59 Å². The Kier molecular flexibility index (Phi) is 9.47. The summed E-state index contributed by atoms with van der Waals surface area (Å²) in [5, 5.41) is 8.85. The summed E-state index contributed by atoms with van der Waals surface area (Å²) in [4.78, 5) is 35.8. The quantitative estimate of drug-likeness (QED) is 0.289. The molecule has 0 aliphatic carbocycles. The van der Waals surface area contributed by atoms with E-state index in [0.29, 0.717) is 40.7 Å². The second kappa shape index (κ2) is 13.4. The molecule has 3 N–H and O–H groups in total. The summed E-state index contributed by atoms with van der Waals surface area (Å²) in [6.07, 6.45) is 5.49. The molecule has 39 heavy (non-hydrogen) atoms. The number of hydrogen-bond acceptors (Lipinski definition) is 8. The van der Waals surface area contributed by atoms with Gasteiger partial charge in [-0.2, -0.15) is 0 Å². The van der Waals surface area contributed by atoms with E-state index in [-0.39, 0.29) is 18.4 Å². The fraction of sp³-hybridized carbons (Fsp3) is 0.310. The highest BCUT2D eigenvalue weighted by Gasteiger charge is 2.28. The highest BCUT2D eigenvalue weighted by atomic mass is 16.5. The highest BCUT2D eigenvalue weighted by Crippen LogP contribution is 2.34. The second-order valence-corrected chi connectivity index (χ2v) is 9.35. The first-order valence-electron chi connectivity index (χ1n) is 12.8. The molecule has 3 aromatic rings. The predicted octanol–water partition coefficient (Wildman–Crippen LogP) is 3.12. The Bertz CT molecular complexity index is 1330. The molecule has 0 fully saturated rings. The molecule has 2 amide bonds. The maximum absolute atomic E-state index is 12.7. The summed E-state index contributed by atoms with van der Waals surface area (Å²) in [7, 11) is 5.58. The highest BCUT2D eigenvalue weighted by molar-refractivity contribution is 6.31. The lowest BCUT2D eigenvalue weighted by Gasteiger charge is -2.13. The van der Waals surface area contributed by atoms with Crippen molar-refractivity contribution in [2.45, 2.75) is 19.3 Å². The summed E-state index contributed by atoms with van der Waals surface area (Å²) in [6.45, 7) is 1.28. The van der Waals surface area contributed by atoms with Crippen molar-refractivity contribution in [1.29, 1.82) is 0 Å². The Hall–Kier alpha value is -4.44. The summed E-state index contributed by atoms with van der Waals surface area (Å²) in [5.74, 6) is 0.937. The number of amides is 2. The molecular formula is C29H34N6O4. The summed E-state index contributed by atoms with van der Waals surface area (Å²) < 4.78 is 11.2. The number of rotatable bonds is 13. The molecule has 204 valence electrons. The van der Waals surface area contributed by atoms with Crippen LogP contribution in [0, 0.1) is 0 Å². The Labute approximate surface area is 228 Å². The average Bonchev–Trinajstić information content (AvgIpc) is 3.26. The Balaban J connectivity index is 1.40. The molecule has 0 bridgehead atoms. The maximum atomic E-state index is 12.7. The molecule has 1 aromatic heterocycles. The normalized spacial score (nSPS) is 13.2. The van der Waals surface area contributed by atoms with Gasteiger partial charge in [0.05, 0.1) is 23.9 Å². The summed E-state index contributed by atoms with van der Waals surface area (Å²) in [6, 6.07) is 15.2. The van der Waals surface area contributed by atoms with E-state index in [1.54, 1.807) is 24.4 Å². The van der Waals surface area contributed by atoms with Gasteiger partial charge in [0.1, 0.15) is 12.1 Å². The van der Waals surface area contributed by atoms with Crippen LogP contribution in [-0.4, -0.2) is 67.6 Å². The minimum absolute atomic E-state index is 0.154. The minimum atomic E-state index is -0.246. The number of nitrogens with one attached hydrogen (secondary N) is 3. The number of carbonyl (C=O) groups excluding carboxylic acids is 2. The van der Waals surface area contributed by atoms with Crippen molar-refractivity contribution < 1.29 is 19.1 Å². The maximum Gasteiger partial charge on any atom is 0.259 e. The number of hydrogen-bond donors (Lipinski definition) is 3. The van der Waals surface area contributed by atoms with Gasteiger partial charge in [0.2, 0.25) is 0 Å². The molecule has 0 atom stereocenters. The van der Waals surface area contributed by atoms with Gasteiger partial charge < -0.3 is 30.3 Å². The molecule has 10 nitrogen and oxygen atoms in total. The molecule has 0 saturated carbocycles. The number of aromatic nitrogens is 2. The zero-order chi connectivity index (χ0) is 27.6. The van der Waals surface area contributed by atoms with Gasteiger partial charge in [-0.05, 0) is 57.6 Å². The standard InChI is InChI=1S/C29H34N6O4/c1-35(2)15-7-10-23-27-22(29(37)34-28(27)33-19-32-23)17-31-21-11-12-24(38-3)25(16-21)39-18-26(36)30-14-13-20-8-5-4-6-9-20/h4-6,8-9,11-12,16-17,19,31H,7,10,13-15,18H2,1-3H3,(H,30,36)(H,32,33,34,37)/b22-17-. The minimum Gasteiger partial charge on any atom is -0.493 e. The summed E-state index contributed by atoms with van der Waals surface area (Å²) >= 11 is 0. The lowest BCUT2D eigenvalue weighted by molar-refractivity contribution is -0.123. The smallest absolute Gasteiger partial charge is 0.259 e. The number of fused-ring (bicyclic) bond motifs is 1. The van der Waals surface area contributed by atoms with Crippen LogP contribution in [0.1, 0.15) is 23.2 Å². The monoisotopic (exact) mass is 530 g/mol. The van der Waals surface area contributed by atoms with Crippen LogP contribution in [0.5, 0.6) is 11.5 Å².